The average Bonchev–Trinajstić information content (AvgIpc) is 1.19. The van der Waals surface area contributed by atoms with Gasteiger partial charge in [0.1, 0.15) is 0 Å². The SMILES string of the molecule is CC(C)O.N.N.O=S(=O)(O)O. The standard InChI is InChI=1S/C3H8O.2H3N.H2O4S/c1-3(2)4;;;1-5(2,3)4/h3-4H,1-2H3;2*1H3;(H2,1,2,3,4). The highest BCUT2D eigenvalue weighted by Gasteiger charge is 1.84. The van der Waals surface area contributed by atoms with Crippen molar-refractivity contribution >= 4 is 10.4 Å². The predicted octanol–water partition coefficient (Wildman–Crippen LogP) is 0.0583. The van der Waals surface area contributed by atoms with Gasteiger partial charge in [-0.1, -0.05) is 0 Å². The Labute approximate surface area is 66.2 Å². The van der Waals surface area contributed by atoms with Crippen molar-refractivity contribution in [3.63, 3.8) is 0 Å². The van der Waals surface area contributed by atoms with Crippen LogP contribution < -0.4 is 12.3 Å². The van der Waals surface area contributed by atoms with Crippen molar-refractivity contribution in [2.24, 2.45) is 0 Å². The van der Waals surface area contributed by atoms with Crippen molar-refractivity contribution in [1.82, 2.24) is 12.3 Å². The van der Waals surface area contributed by atoms with Gasteiger partial charge in [-0.2, -0.15) is 8.42 Å². The minimum absolute atomic E-state index is 0. The lowest BCUT2D eigenvalue weighted by molar-refractivity contribution is 0.216. The van der Waals surface area contributed by atoms with Gasteiger partial charge in [-0.15, -0.1) is 0 Å². The monoisotopic (exact) mass is 192 g/mol. The molecule has 0 aliphatic rings. The molecule has 0 atom stereocenters. The van der Waals surface area contributed by atoms with Gasteiger partial charge in [-0.3, -0.25) is 9.11 Å². The number of hydrogen-bond donors (Lipinski definition) is 5. The maximum Gasteiger partial charge on any atom is 0.394 e. The van der Waals surface area contributed by atoms with E-state index in [2.05, 4.69) is 0 Å². The molecule has 8 heteroatoms. The van der Waals surface area contributed by atoms with Gasteiger partial charge in [0.15, 0.2) is 0 Å². The molecule has 0 saturated heterocycles. The summed E-state index contributed by atoms with van der Waals surface area (Å²) in [6, 6.07) is 0. The van der Waals surface area contributed by atoms with Gasteiger partial charge in [0, 0.05) is 6.10 Å². The first-order chi connectivity index (χ1) is 3.73. The van der Waals surface area contributed by atoms with Crippen molar-refractivity contribution in [2.45, 2.75) is 20.0 Å². The summed E-state index contributed by atoms with van der Waals surface area (Å²) in [5.74, 6) is 0. The largest absolute Gasteiger partial charge is 0.394 e. The van der Waals surface area contributed by atoms with Crippen molar-refractivity contribution in [3.8, 4) is 0 Å². The Morgan fingerprint density at radius 1 is 1.09 bits per heavy atom. The fourth-order valence-electron chi connectivity index (χ4n) is 0. The van der Waals surface area contributed by atoms with Crippen LogP contribution in [0.1, 0.15) is 13.8 Å². The van der Waals surface area contributed by atoms with Crippen LogP contribution in [0, 0.1) is 0 Å². The third-order valence-electron chi connectivity index (χ3n) is 0. The van der Waals surface area contributed by atoms with Gasteiger partial charge in [0.2, 0.25) is 0 Å². The highest BCUT2D eigenvalue weighted by Crippen LogP contribution is 1.65. The van der Waals surface area contributed by atoms with Crippen LogP contribution in [0.2, 0.25) is 0 Å². The third-order valence-corrected chi connectivity index (χ3v) is 0. The first kappa shape index (κ1) is 22.4. The van der Waals surface area contributed by atoms with Gasteiger partial charge >= 0.3 is 10.4 Å². The van der Waals surface area contributed by atoms with E-state index >= 15 is 0 Å². The Kier molecular flexibility index (Phi) is 19.9. The third kappa shape index (κ3) is 9370. The topological polar surface area (TPSA) is 165 Å². The molecule has 9 N–H and O–H groups in total. The lowest BCUT2D eigenvalue weighted by Gasteiger charge is -1.80. The average molecular weight is 192 g/mol. The molecule has 74 valence electrons. The number of aliphatic hydroxyl groups is 1. The molecule has 0 aliphatic heterocycles. The maximum absolute atomic E-state index is 8.74. The molecule has 0 aliphatic carbocycles. The molecule has 0 heterocycles. The van der Waals surface area contributed by atoms with Crippen LogP contribution in [-0.4, -0.2) is 28.7 Å². The van der Waals surface area contributed by atoms with E-state index in [1.165, 1.54) is 0 Å². The number of aliphatic hydroxyl groups excluding tert-OH is 1. The second-order valence-corrected chi connectivity index (χ2v) is 2.44. The Morgan fingerprint density at radius 2 is 1.09 bits per heavy atom. The van der Waals surface area contributed by atoms with E-state index in [4.69, 9.17) is 22.6 Å². The Morgan fingerprint density at radius 3 is 1.09 bits per heavy atom. The fraction of sp³-hybridized carbons (Fsp3) is 1.00. The van der Waals surface area contributed by atoms with Crippen molar-refractivity contribution in [3.05, 3.63) is 0 Å². The van der Waals surface area contributed by atoms with Crippen LogP contribution in [0.4, 0.5) is 0 Å². The Bertz CT molecular complexity index is 131. The normalized spacial score (nSPS) is 8.55. The highest BCUT2D eigenvalue weighted by molar-refractivity contribution is 7.79. The van der Waals surface area contributed by atoms with Crippen molar-refractivity contribution in [1.29, 1.82) is 0 Å². The van der Waals surface area contributed by atoms with E-state index in [1.807, 2.05) is 0 Å². The zero-order chi connectivity index (χ0) is 8.08. The van der Waals surface area contributed by atoms with Gasteiger partial charge in [-0.25, -0.2) is 0 Å². The van der Waals surface area contributed by atoms with Crippen LogP contribution in [0.25, 0.3) is 0 Å². The van der Waals surface area contributed by atoms with Crippen molar-refractivity contribution in [2.75, 3.05) is 0 Å². The zero-order valence-electron chi connectivity index (χ0n) is 6.56. The summed E-state index contributed by atoms with van der Waals surface area (Å²) in [6.45, 7) is 3.44. The summed E-state index contributed by atoms with van der Waals surface area (Å²) in [7, 11) is -4.67. The Hall–Kier alpha value is -0.250. The molecule has 7 nitrogen and oxygen atoms in total. The fourth-order valence-corrected chi connectivity index (χ4v) is 0. The molecule has 0 amide bonds. The van der Waals surface area contributed by atoms with Crippen LogP contribution >= 0.6 is 0 Å². The molecule has 0 spiro atoms. The molecule has 0 saturated carbocycles. The van der Waals surface area contributed by atoms with Crippen LogP contribution in [0.5, 0.6) is 0 Å². The smallest absolute Gasteiger partial charge is 0.394 e. The summed E-state index contributed by atoms with van der Waals surface area (Å²) < 4.78 is 31.6. The summed E-state index contributed by atoms with van der Waals surface area (Å²) in [4.78, 5) is 0. The van der Waals surface area contributed by atoms with Crippen LogP contribution in [0.15, 0.2) is 0 Å². The first-order valence-corrected chi connectivity index (χ1v) is 3.51. The second-order valence-electron chi connectivity index (χ2n) is 1.54. The minimum Gasteiger partial charge on any atom is -0.394 e. The van der Waals surface area contributed by atoms with Gasteiger partial charge in [0.25, 0.3) is 0 Å². The molecule has 0 aromatic heterocycles. The molecule has 0 aromatic carbocycles. The maximum atomic E-state index is 8.74. The molecule has 0 radical (unpaired) electrons. The van der Waals surface area contributed by atoms with E-state index in [1.54, 1.807) is 13.8 Å². The number of rotatable bonds is 0. The van der Waals surface area contributed by atoms with Crippen LogP contribution in [0.3, 0.4) is 0 Å². The first-order valence-electron chi connectivity index (χ1n) is 2.11. The summed E-state index contributed by atoms with van der Waals surface area (Å²) in [5.41, 5.74) is 0. The van der Waals surface area contributed by atoms with E-state index in [0.29, 0.717) is 0 Å². The number of hydrogen-bond acceptors (Lipinski definition) is 5. The lowest BCUT2D eigenvalue weighted by Crippen LogP contribution is -1.89. The van der Waals surface area contributed by atoms with Gasteiger partial charge < -0.3 is 17.4 Å². The highest BCUT2D eigenvalue weighted by atomic mass is 32.3. The lowest BCUT2D eigenvalue weighted by atomic mass is 10.5. The molecule has 0 rings (SSSR count). The van der Waals surface area contributed by atoms with Crippen molar-refractivity contribution < 1.29 is 22.6 Å². The van der Waals surface area contributed by atoms with Gasteiger partial charge in [-0.05, 0) is 13.8 Å². The molecule has 11 heavy (non-hydrogen) atoms. The van der Waals surface area contributed by atoms with E-state index in [-0.39, 0.29) is 18.4 Å². The quantitative estimate of drug-likeness (QED) is 0.338. The summed E-state index contributed by atoms with van der Waals surface area (Å²) in [5, 5.41) is 8.06. The minimum atomic E-state index is -4.67. The Balaban J connectivity index is -0.0000000383. The summed E-state index contributed by atoms with van der Waals surface area (Å²) in [6.07, 6.45) is -0.167. The molecule has 0 aromatic rings. The van der Waals surface area contributed by atoms with E-state index in [9.17, 15) is 0 Å². The molecule has 0 unspecified atom stereocenters. The van der Waals surface area contributed by atoms with E-state index in [0.717, 1.165) is 0 Å². The van der Waals surface area contributed by atoms with E-state index < -0.39 is 10.4 Å². The van der Waals surface area contributed by atoms with Crippen LogP contribution in [-0.2, 0) is 10.4 Å². The summed E-state index contributed by atoms with van der Waals surface area (Å²) >= 11 is 0. The predicted molar refractivity (Wildman–Crippen MR) is 41.6 cm³/mol. The molecular formula is C3H16N2O5S. The zero-order valence-corrected chi connectivity index (χ0v) is 7.37. The molecule has 0 bridgehead atoms. The molecular weight excluding hydrogens is 176 g/mol. The van der Waals surface area contributed by atoms with Gasteiger partial charge in [0.05, 0.1) is 0 Å². The molecule has 0 fully saturated rings. The second kappa shape index (κ2) is 9.75.